The van der Waals surface area contributed by atoms with E-state index in [4.69, 9.17) is 5.11 Å². The van der Waals surface area contributed by atoms with Gasteiger partial charge in [0.15, 0.2) is 0 Å². The Bertz CT molecular complexity index is 765. The molecule has 8 heteroatoms. The Kier molecular flexibility index (Phi) is 3.90. The number of rotatable bonds is 5. The summed E-state index contributed by atoms with van der Waals surface area (Å²) in [5, 5.41) is 8.80. The van der Waals surface area contributed by atoms with Crippen LogP contribution in [0.4, 0.5) is 11.4 Å². The summed E-state index contributed by atoms with van der Waals surface area (Å²) in [6.45, 7) is 0. The Morgan fingerprint density at radius 1 is 1.29 bits per heavy atom. The number of nitrogens with zero attached hydrogens (tertiary/aromatic N) is 1. The highest BCUT2D eigenvalue weighted by Crippen LogP contribution is 2.21. The maximum absolute atomic E-state index is 12.2. The van der Waals surface area contributed by atoms with Crippen LogP contribution in [0.25, 0.3) is 0 Å². The first-order valence-electron chi connectivity index (χ1n) is 6.01. The van der Waals surface area contributed by atoms with Crippen molar-refractivity contribution in [3.8, 4) is 0 Å². The molecule has 0 fully saturated rings. The smallest absolute Gasteiger partial charge is 0.352 e. The Hall–Kier alpha value is -2.48. The van der Waals surface area contributed by atoms with E-state index in [2.05, 4.69) is 9.71 Å². The number of aromatic carboxylic acids is 1. The van der Waals surface area contributed by atoms with E-state index in [0.29, 0.717) is 5.69 Å². The van der Waals surface area contributed by atoms with Crippen molar-refractivity contribution in [3.63, 3.8) is 0 Å². The van der Waals surface area contributed by atoms with Gasteiger partial charge in [0, 0.05) is 26.0 Å². The molecule has 0 bridgehead atoms. The van der Waals surface area contributed by atoms with Crippen LogP contribution in [0.2, 0.25) is 0 Å². The van der Waals surface area contributed by atoms with Crippen LogP contribution in [-0.4, -0.2) is 38.6 Å². The number of sulfonamides is 1. The Morgan fingerprint density at radius 2 is 2.00 bits per heavy atom. The predicted octanol–water partition coefficient (Wildman–Crippen LogP) is 1.58. The third-order valence-electron chi connectivity index (χ3n) is 2.81. The van der Waals surface area contributed by atoms with Gasteiger partial charge in [-0.25, -0.2) is 13.2 Å². The molecule has 0 aliphatic carbocycles. The van der Waals surface area contributed by atoms with Crippen molar-refractivity contribution in [2.75, 3.05) is 23.7 Å². The van der Waals surface area contributed by atoms with E-state index in [0.717, 1.165) is 18.0 Å². The lowest BCUT2D eigenvalue weighted by Crippen LogP contribution is -2.13. The molecule has 21 heavy (non-hydrogen) atoms. The number of aromatic nitrogens is 1. The van der Waals surface area contributed by atoms with Crippen molar-refractivity contribution in [1.82, 2.24) is 4.98 Å². The van der Waals surface area contributed by atoms with E-state index in [-0.39, 0.29) is 10.6 Å². The standard InChI is InChI=1S/C13H15N3O4S/c1-16(2)10-5-3-4-9(6-10)15-21(19,20)11-7-12(13(17)18)14-8-11/h3-8,14-15H,1-2H3,(H,17,18). The van der Waals surface area contributed by atoms with Gasteiger partial charge >= 0.3 is 5.97 Å². The van der Waals surface area contributed by atoms with E-state index in [1.165, 1.54) is 0 Å². The van der Waals surface area contributed by atoms with Crippen molar-refractivity contribution >= 4 is 27.4 Å². The second-order valence-corrected chi connectivity index (χ2v) is 6.29. The third kappa shape index (κ3) is 3.34. The van der Waals surface area contributed by atoms with E-state index in [1.807, 2.05) is 25.1 Å². The Labute approximate surface area is 122 Å². The molecule has 0 spiro atoms. The molecule has 1 heterocycles. The molecule has 0 aliphatic rings. The molecule has 0 atom stereocenters. The summed E-state index contributed by atoms with van der Waals surface area (Å²) >= 11 is 0. The van der Waals surface area contributed by atoms with Crippen LogP contribution >= 0.6 is 0 Å². The van der Waals surface area contributed by atoms with Gasteiger partial charge in [0.05, 0.1) is 5.69 Å². The first kappa shape index (κ1) is 14.9. The fourth-order valence-electron chi connectivity index (χ4n) is 1.71. The van der Waals surface area contributed by atoms with Gasteiger partial charge in [0.25, 0.3) is 10.0 Å². The number of nitrogens with one attached hydrogen (secondary N) is 2. The quantitative estimate of drug-likeness (QED) is 0.778. The van der Waals surface area contributed by atoms with Gasteiger partial charge in [-0.3, -0.25) is 4.72 Å². The molecule has 2 rings (SSSR count). The van der Waals surface area contributed by atoms with Gasteiger partial charge < -0.3 is 15.0 Å². The summed E-state index contributed by atoms with van der Waals surface area (Å²) < 4.78 is 26.8. The molecular weight excluding hydrogens is 294 g/mol. The van der Waals surface area contributed by atoms with Crippen molar-refractivity contribution in [1.29, 1.82) is 0 Å². The predicted molar refractivity (Wildman–Crippen MR) is 79.3 cm³/mol. The Balaban J connectivity index is 2.28. The van der Waals surface area contributed by atoms with Crippen LogP contribution in [-0.2, 0) is 10.0 Å². The van der Waals surface area contributed by atoms with Gasteiger partial charge in [0.2, 0.25) is 0 Å². The number of H-pyrrole nitrogens is 1. The fraction of sp³-hybridized carbons (Fsp3) is 0.154. The van der Waals surface area contributed by atoms with Crippen LogP contribution in [0.3, 0.4) is 0 Å². The lowest BCUT2D eigenvalue weighted by Gasteiger charge is -2.14. The molecule has 0 unspecified atom stereocenters. The van der Waals surface area contributed by atoms with E-state index < -0.39 is 16.0 Å². The minimum atomic E-state index is -3.83. The monoisotopic (exact) mass is 309 g/mol. The zero-order valence-electron chi connectivity index (χ0n) is 11.5. The van der Waals surface area contributed by atoms with E-state index in [1.54, 1.807) is 18.2 Å². The fourth-order valence-corrected chi connectivity index (χ4v) is 2.76. The van der Waals surface area contributed by atoms with Crippen LogP contribution in [0, 0.1) is 0 Å². The topological polar surface area (TPSA) is 103 Å². The van der Waals surface area contributed by atoms with Crippen molar-refractivity contribution in [2.24, 2.45) is 0 Å². The van der Waals surface area contributed by atoms with Gasteiger partial charge in [-0.15, -0.1) is 0 Å². The molecule has 1 aromatic heterocycles. The lowest BCUT2D eigenvalue weighted by atomic mass is 10.3. The number of carbonyl (C=O) groups is 1. The highest BCUT2D eigenvalue weighted by molar-refractivity contribution is 7.92. The maximum Gasteiger partial charge on any atom is 0.352 e. The van der Waals surface area contributed by atoms with Gasteiger partial charge in [0.1, 0.15) is 10.6 Å². The average molecular weight is 309 g/mol. The number of hydrogen-bond donors (Lipinski definition) is 3. The molecule has 1 aromatic carbocycles. The van der Waals surface area contributed by atoms with Crippen molar-refractivity contribution < 1.29 is 18.3 Å². The number of carboxylic acids is 1. The second kappa shape index (κ2) is 5.49. The number of anilines is 2. The van der Waals surface area contributed by atoms with E-state index >= 15 is 0 Å². The highest BCUT2D eigenvalue weighted by Gasteiger charge is 2.18. The first-order valence-corrected chi connectivity index (χ1v) is 7.50. The minimum Gasteiger partial charge on any atom is -0.477 e. The number of hydrogen-bond acceptors (Lipinski definition) is 4. The maximum atomic E-state index is 12.2. The van der Waals surface area contributed by atoms with E-state index in [9.17, 15) is 13.2 Å². The SMILES string of the molecule is CN(C)c1cccc(NS(=O)(=O)c2c[nH]c(C(=O)O)c2)c1. The van der Waals surface area contributed by atoms with Crippen LogP contribution < -0.4 is 9.62 Å². The average Bonchev–Trinajstić information content (AvgIpc) is 2.89. The van der Waals surface area contributed by atoms with Crippen molar-refractivity contribution in [2.45, 2.75) is 4.90 Å². The van der Waals surface area contributed by atoms with Crippen LogP contribution in [0.1, 0.15) is 10.5 Å². The van der Waals surface area contributed by atoms with Crippen molar-refractivity contribution in [3.05, 3.63) is 42.2 Å². The minimum absolute atomic E-state index is 0.129. The summed E-state index contributed by atoms with van der Waals surface area (Å²) in [5.74, 6) is -1.22. The summed E-state index contributed by atoms with van der Waals surface area (Å²) in [6, 6.07) is 7.95. The van der Waals surface area contributed by atoms with Crippen LogP contribution in [0.15, 0.2) is 41.4 Å². The molecule has 112 valence electrons. The molecule has 2 aromatic rings. The molecule has 0 aliphatic heterocycles. The van der Waals surface area contributed by atoms with Gasteiger partial charge in [-0.05, 0) is 24.3 Å². The first-order chi connectivity index (χ1) is 9.79. The summed E-state index contributed by atoms with van der Waals surface area (Å²) in [5.41, 5.74) is 1.06. The summed E-state index contributed by atoms with van der Waals surface area (Å²) in [4.78, 5) is 14.9. The lowest BCUT2D eigenvalue weighted by molar-refractivity contribution is 0.0691. The molecular formula is C13H15N3O4S. The number of aromatic amines is 1. The van der Waals surface area contributed by atoms with Crippen LogP contribution in [0.5, 0.6) is 0 Å². The van der Waals surface area contributed by atoms with Gasteiger partial charge in [-0.2, -0.15) is 0 Å². The zero-order chi connectivity index (χ0) is 15.6. The highest BCUT2D eigenvalue weighted by atomic mass is 32.2. The Morgan fingerprint density at radius 3 is 2.57 bits per heavy atom. The zero-order valence-corrected chi connectivity index (χ0v) is 12.3. The molecule has 3 N–H and O–H groups in total. The normalized spacial score (nSPS) is 11.1. The molecule has 0 saturated carbocycles. The largest absolute Gasteiger partial charge is 0.477 e. The summed E-state index contributed by atoms with van der Waals surface area (Å²) in [7, 11) is -0.139. The number of benzene rings is 1. The summed E-state index contributed by atoms with van der Waals surface area (Å²) in [6.07, 6.45) is 1.14. The van der Waals surface area contributed by atoms with Gasteiger partial charge in [-0.1, -0.05) is 6.07 Å². The second-order valence-electron chi connectivity index (χ2n) is 4.60. The molecule has 0 radical (unpaired) electrons. The third-order valence-corrected chi connectivity index (χ3v) is 4.17. The molecule has 0 saturated heterocycles. The molecule has 7 nitrogen and oxygen atoms in total. The molecule has 0 amide bonds. The number of carboxylic acid groups (broad SMARTS) is 1.